The molecule has 0 aliphatic rings. The van der Waals surface area contributed by atoms with Gasteiger partial charge in [-0.2, -0.15) is 0 Å². The average molecular weight is 268 g/mol. The highest BCUT2D eigenvalue weighted by Gasteiger charge is 1.99. The van der Waals surface area contributed by atoms with Crippen LogP contribution in [0.2, 0.25) is 4.34 Å². The minimum absolute atomic E-state index is 0.750. The Hall–Kier alpha value is -1.26. The van der Waals surface area contributed by atoms with Gasteiger partial charge in [-0.1, -0.05) is 17.7 Å². The molecule has 5 heteroatoms. The third kappa shape index (κ3) is 3.61. The molecule has 0 aromatic carbocycles. The van der Waals surface area contributed by atoms with Crippen molar-refractivity contribution in [3.05, 3.63) is 39.5 Å². The quantitative estimate of drug-likeness (QED) is 0.864. The monoisotopic (exact) mass is 267 g/mol. The summed E-state index contributed by atoms with van der Waals surface area (Å²) in [7, 11) is 0. The van der Waals surface area contributed by atoms with Gasteiger partial charge in [0, 0.05) is 11.4 Å². The third-order valence-electron chi connectivity index (χ3n) is 2.18. The summed E-state index contributed by atoms with van der Waals surface area (Å²) in [6, 6.07) is 9.82. The molecule has 3 nitrogen and oxygen atoms in total. The molecule has 90 valence electrons. The third-order valence-corrected chi connectivity index (χ3v) is 3.41. The van der Waals surface area contributed by atoms with Crippen molar-refractivity contribution in [3.8, 4) is 0 Å². The van der Waals surface area contributed by atoms with Crippen LogP contribution in [-0.4, -0.2) is 11.5 Å². The molecule has 0 saturated carbocycles. The van der Waals surface area contributed by atoms with Gasteiger partial charge in [-0.15, -0.1) is 11.3 Å². The van der Waals surface area contributed by atoms with Crippen LogP contribution in [0.25, 0.3) is 0 Å². The zero-order valence-electron chi connectivity index (χ0n) is 9.53. The van der Waals surface area contributed by atoms with Crippen LogP contribution in [0.4, 0.5) is 11.6 Å². The van der Waals surface area contributed by atoms with Gasteiger partial charge in [0.05, 0.1) is 10.9 Å². The SMILES string of the molecule is CCNc1cccc(NCc2ccc(Cl)s2)n1. The van der Waals surface area contributed by atoms with Gasteiger partial charge in [0.15, 0.2) is 0 Å². The lowest BCUT2D eigenvalue weighted by Gasteiger charge is -2.06. The van der Waals surface area contributed by atoms with E-state index in [9.17, 15) is 0 Å². The fourth-order valence-corrected chi connectivity index (χ4v) is 2.46. The van der Waals surface area contributed by atoms with Crippen molar-refractivity contribution in [3.63, 3.8) is 0 Å². The molecule has 2 aromatic rings. The maximum atomic E-state index is 5.87. The maximum absolute atomic E-state index is 5.87. The zero-order valence-corrected chi connectivity index (χ0v) is 11.1. The Balaban J connectivity index is 1.96. The van der Waals surface area contributed by atoms with Gasteiger partial charge < -0.3 is 10.6 Å². The van der Waals surface area contributed by atoms with Gasteiger partial charge in [0.1, 0.15) is 11.6 Å². The number of nitrogens with one attached hydrogen (secondary N) is 2. The van der Waals surface area contributed by atoms with Crippen molar-refractivity contribution >= 4 is 34.6 Å². The van der Waals surface area contributed by atoms with E-state index in [0.717, 1.165) is 29.1 Å². The lowest BCUT2D eigenvalue weighted by Crippen LogP contribution is -2.03. The van der Waals surface area contributed by atoms with E-state index in [1.54, 1.807) is 11.3 Å². The summed E-state index contributed by atoms with van der Waals surface area (Å²) in [5.41, 5.74) is 0. The van der Waals surface area contributed by atoms with Crippen molar-refractivity contribution in [2.75, 3.05) is 17.2 Å². The topological polar surface area (TPSA) is 37.0 Å². The summed E-state index contributed by atoms with van der Waals surface area (Å²) < 4.78 is 0.816. The van der Waals surface area contributed by atoms with Crippen LogP contribution < -0.4 is 10.6 Å². The molecule has 0 bridgehead atoms. The molecule has 0 aliphatic heterocycles. The van der Waals surface area contributed by atoms with Gasteiger partial charge in [-0.3, -0.25) is 0 Å². The van der Waals surface area contributed by atoms with Crippen LogP contribution in [0, 0.1) is 0 Å². The lowest BCUT2D eigenvalue weighted by atomic mass is 10.4. The predicted molar refractivity (Wildman–Crippen MR) is 75.1 cm³/mol. The Morgan fingerprint density at radius 2 is 1.94 bits per heavy atom. The molecule has 17 heavy (non-hydrogen) atoms. The Labute approximate surface area is 110 Å². The van der Waals surface area contributed by atoms with Crippen LogP contribution >= 0.6 is 22.9 Å². The van der Waals surface area contributed by atoms with Gasteiger partial charge in [0.25, 0.3) is 0 Å². The van der Waals surface area contributed by atoms with Gasteiger partial charge >= 0.3 is 0 Å². The van der Waals surface area contributed by atoms with Crippen molar-refractivity contribution < 1.29 is 0 Å². The highest BCUT2D eigenvalue weighted by atomic mass is 35.5. The number of thiophene rings is 1. The summed E-state index contributed by atoms with van der Waals surface area (Å²) in [6.45, 7) is 3.67. The lowest BCUT2D eigenvalue weighted by molar-refractivity contribution is 1.11. The van der Waals surface area contributed by atoms with E-state index in [2.05, 4.69) is 22.5 Å². The number of hydrogen-bond donors (Lipinski definition) is 2. The first-order valence-corrected chi connectivity index (χ1v) is 6.66. The van der Waals surface area contributed by atoms with Gasteiger partial charge in [-0.25, -0.2) is 4.98 Å². The summed E-state index contributed by atoms with van der Waals surface area (Å²) in [5, 5.41) is 6.45. The Bertz CT molecular complexity index is 484. The zero-order chi connectivity index (χ0) is 12.1. The van der Waals surface area contributed by atoms with Crippen LogP contribution in [0.3, 0.4) is 0 Å². The predicted octanol–water partition coefficient (Wildman–Crippen LogP) is 3.84. The summed E-state index contributed by atoms with van der Waals surface area (Å²) in [5.74, 6) is 1.76. The molecular formula is C12H14ClN3S. The second-order valence-corrected chi connectivity index (χ2v) is 5.30. The molecule has 0 unspecified atom stereocenters. The molecule has 2 rings (SSSR count). The molecule has 0 radical (unpaired) electrons. The van der Waals surface area contributed by atoms with Crippen molar-refractivity contribution in [1.29, 1.82) is 0 Å². The summed E-state index contributed by atoms with van der Waals surface area (Å²) >= 11 is 7.45. The average Bonchev–Trinajstić information content (AvgIpc) is 2.74. The number of hydrogen-bond acceptors (Lipinski definition) is 4. The standard InChI is InChI=1S/C12H14ClN3S/c1-2-14-11-4-3-5-12(16-11)15-8-9-6-7-10(13)17-9/h3-7H,2,8H2,1H3,(H2,14,15,16). The van der Waals surface area contributed by atoms with E-state index >= 15 is 0 Å². The first-order valence-electron chi connectivity index (χ1n) is 5.47. The minimum Gasteiger partial charge on any atom is -0.370 e. The van der Waals surface area contributed by atoms with Gasteiger partial charge in [0.2, 0.25) is 0 Å². The number of halogens is 1. The normalized spacial score (nSPS) is 10.2. The molecule has 2 heterocycles. The van der Waals surface area contributed by atoms with E-state index < -0.39 is 0 Å². The summed E-state index contributed by atoms with van der Waals surface area (Å²) in [4.78, 5) is 5.63. The number of nitrogens with zero attached hydrogens (tertiary/aromatic N) is 1. The Morgan fingerprint density at radius 3 is 2.59 bits per heavy atom. The fourth-order valence-electron chi connectivity index (χ4n) is 1.44. The Morgan fingerprint density at radius 1 is 1.18 bits per heavy atom. The minimum atomic E-state index is 0.750. The molecule has 0 atom stereocenters. The number of anilines is 2. The number of aromatic nitrogens is 1. The van der Waals surface area contributed by atoms with Crippen molar-refractivity contribution in [2.24, 2.45) is 0 Å². The fraction of sp³-hybridized carbons (Fsp3) is 0.250. The molecule has 0 amide bonds. The first kappa shape index (κ1) is 12.2. The molecule has 0 spiro atoms. The van der Waals surface area contributed by atoms with Crippen LogP contribution in [0.15, 0.2) is 30.3 Å². The second-order valence-electron chi connectivity index (χ2n) is 3.50. The van der Waals surface area contributed by atoms with Crippen molar-refractivity contribution in [2.45, 2.75) is 13.5 Å². The number of pyridine rings is 1. The highest BCUT2D eigenvalue weighted by Crippen LogP contribution is 2.22. The highest BCUT2D eigenvalue weighted by molar-refractivity contribution is 7.16. The Kier molecular flexibility index (Phi) is 4.23. The van der Waals surface area contributed by atoms with Crippen molar-refractivity contribution in [1.82, 2.24) is 4.98 Å². The molecule has 0 saturated heterocycles. The maximum Gasteiger partial charge on any atom is 0.128 e. The molecule has 2 N–H and O–H groups in total. The van der Waals surface area contributed by atoms with E-state index in [1.807, 2.05) is 30.3 Å². The van der Waals surface area contributed by atoms with Crippen LogP contribution in [-0.2, 0) is 6.54 Å². The van der Waals surface area contributed by atoms with E-state index in [-0.39, 0.29) is 0 Å². The first-order chi connectivity index (χ1) is 8.28. The van der Waals surface area contributed by atoms with Gasteiger partial charge in [-0.05, 0) is 31.2 Å². The molecular weight excluding hydrogens is 254 g/mol. The van der Waals surface area contributed by atoms with E-state index in [0.29, 0.717) is 0 Å². The second kappa shape index (κ2) is 5.89. The van der Waals surface area contributed by atoms with Crippen LogP contribution in [0.5, 0.6) is 0 Å². The molecule has 2 aromatic heterocycles. The van der Waals surface area contributed by atoms with Crippen LogP contribution in [0.1, 0.15) is 11.8 Å². The summed E-state index contributed by atoms with van der Waals surface area (Å²) in [6.07, 6.45) is 0. The smallest absolute Gasteiger partial charge is 0.128 e. The van der Waals surface area contributed by atoms with E-state index in [1.165, 1.54) is 4.88 Å². The molecule has 0 aliphatic carbocycles. The molecule has 0 fully saturated rings. The van der Waals surface area contributed by atoms with E-state index in [4.69, 9.17) is 11.6 Å². The largest absolute Gasteiger partial charge is 0.370 e. The number of rotatable bonds is 5.